The molecule has 0 aromatic carbocycles. The molecule has 9 heteroatoms. The van der Waals surface area contributed by atoms with E-state index in [4.69, 9.17) is 9.84 Å². The number of rotatable bonds is 2. The molecule has 0 aromatic rings. The van der Waals surface area contributed by atoms with Crippen LogP contribution < -0.4 is 5.32 Å². The molecule has 0 bridgehead atoms. The van der Waals surface area contributed by atoms with Gasteiger partial charge in [0.15, 0.2) is 12.7 Å². The highest BCUT2D eigenvalue weighted by Gasteiger charge is 2.43. The number of aliphatic imine (C=N–C) groups is 1. The Morgan fingerprint density at radius 2 is 2.10 bits per heavy atom. The van der Waals surface area contributed by atoms with Gasteiger partial charge in [-0.05, 0) is 0 Å². The van der Waals surface area contributed by atoms with E-state index < -0.39 is 43.2 Å². The van der Waals surface area contributed by atoms with Gasteiger partial charge in [-0.1, -0.05) is 0 Å². The van der Waals surface area contributed by atoms with Gasteiger partial charge in [0, 0.05) is 6.92 Å². The minimum Gasteiger partial charge on any atom is -0.482 e. The first-order valence-corrected chi connectivity index (χ1v) is 6.15. The summed E-state index contributed by atoms with van der Waals surface area (Å²) in [5.74, 6) is -0.462. The van der Waals surface area contributed by atoms with Crippen LogP contribution in [0.1, 0.15) is 6.92 Å². The molecule has 0 saturated carbocycles. The number of nitrogens with zero attached hydrogens (tertiary/aromatic N) is 1. The van der Waals surface area contributed by atoms with Gasteiger partial charge < -0.3 is 35.2 Å². The lowest BCUT2D eigenvalue weighted by Gasteiger charge is -2.40. The summed E-state index contributed by atoms with van der Waals surface area (Å²) < 4.78 is 9.47. The van der Waals surface area contributed by atoms with Crippen LogP contribution >= 0.6 is 0 Å². The fraction of sp³-hybridized carbons (Fsp3) is 0.818. The summed E-state index contributed by atoms with van der Waals surface area (Å²) in [6, 6.07) is -1.10. The molecule has 20 heavy (non-hydrogen) atoms. The predicted molar refractivity (Wildman–Crippen MR) is 66.9 cm³/mol. The van der Waals surface area contributed by atoms with Gasteiger partial charge in [-0.2, -0.15) is 0 Å². The van der Waals surface area contributed by atoms with E-state index in [0.717, 1.165) is 13.2 Å². The third-order valence-electron chi connectivity index (χ3n) is 2.76. The van der Waals surface area contributed by atoms with Crippen LogP contribution in [0.15, 0.2) is 4.99 Å². The molecule has 1 amide bonds. The molecule has 1 saturated heterocycles. The first kappa shape index (κ1) is 16.8. The minimum atomic E-state index is -1.45. The van der Waals surface area contributed by atoms with Crippen molar-refractivity contribution >= 4 is 12.3 Å². The molecule has 2 rings (SSSR count). The standard InChI is InChI=1S/C8H15NO6.C3H5NO/c1-3(11)9-5-7(13)6(12)4(2-10)15-8(5)14;1-2-5-3-4-1/h4-8,10,12-14H,2H2,1H3,(H,9,11);3H,1-2H2/t4-,5+,6-,7-,8?;/m1./s1. The van der Waals surface area contributed by atoms with Crippen LogP contribution in [0.5, 0.6) is 0 Å². The Bertz CT molecular complexity index is 333. The third kappa shape index (κ3) is 4.69. The zero-order chi connectivity index (χ0) is 15.1. The largest absolute Gasteiger partial charge is 0.482 e. The topological polar surface area (TPSA) is 141 Å². The van der Waals surface area contributed by atoms with Crippen LogP contribution in [0.4, 0.5) is 0 Å². The van der Waals surface area contributed by atoms with Crippen molar-refractivity contribution in [3.05, 3.63) is 0 Å². The molecular weight excluding hydrogens is 272 g/mol. The molecule has 5 N–H and O–H groups in total. The van der Waals surface area contributed by atoms with Crippen molar-refractivity contribution in [3.63, 3.8) is 0 Å². The van der Waals surface area contributed by atoms with Crippen LogP contribution in [-0.2, 0) is 14.3 Å². The second-order valence-corrected chi connectivity index (χ2v) is 4.34. The highest BCUT2D eigenvalue weighted by atomic mass is 16.6. The number of hydrogen-bond acceptors (Lipinski definition) is 8. The Labute approximate surface area is 115 Å². The maximum Gasteiger partial charge on any atom is 0.217 e. The molecule has 0 radical (unpaired) electrons. The molecule has 0 aromatic heterocycles. The van der Waals surface area contributed by atoms with Crippen LogP contribution in [0, 0.1) is 0 Å². The number of amides is 1. The van der Waals surface area contributed by atoms with Gasteiger partial charge in [0.25, 0.3) is 0 Å². The van der Waals surface area contributed by atoms with Gasteiger partial charge >= 0.3 is 0 Å². The van der Waals surface area contributed by atoms with Crippen molar-refractivity contribution in [1.82, 2.24) is 5.32 Å². The second kappa shape index (κ2) is 8.12. The first-order chi connectivity index (χ1) is 9.47. The van der Waals surface area contributed by atoms with E-state index in [1.807, 2.05) is 0 Å². The highest BCUT2D eigenvalue weighted by Crippen LogP contribution is 2.19. The Hall–Kier alpha value is -1.26. The van der Waals surface area contributed by atoms with Crippen LogP contribution in [0.25, 0.3) is 0 Å². The average molecular weight is 292 g/mol. The summed E-state index contributed by atoms with van der Waals surface area (Å²) >= 11 is 0. The summed E-state index contributed by atoms with van der Waals surface area (Å²) in [6.45, 7) is 2.31. The molecule has 1 unspecified atom stereocenters. The number of hydrogen-bond donors (Lipinski definition) is 5. The summed E-state index contributed by atoms with van der Waals surface area (Å²) in [4.78, 5) is 14.5. The highest BCUT2D eigenvalue weighted by molar-refractivity contribution is 5.73. The molecule has 2 heterocycles. The quantitative estimate of drug-likeness (QED) is 0.364. The monoisotopic (exact) mass is 292 g/mol. The van der Waals surface area contributed by atoms with Crippen molar-refractivity contribution < 1.29 is 34.7 Å². The summed E-state index contributed by atoms with van der Waals surface area (Å²) in [5.41, 5.74) is 0. The Morgan fingerprint density at radius 1 is 1.40 bits per heavy atom. The molecule has 116 valence electrons. The lowest BCUT2D eigenvalue weighted by Crippen LogP contribution is -2.63. The Kier molecular flexibility index (Phi) is 6.82. The molecule has 0 spiro atoms. The molecule has 2 aliphatic heterocycles. The van der Waals surface area contributed by atoms with Crippen LogP contribution in [0.3, 0.4) is 0 Å². The number of ether oxygens (including phenoxy) is 2. The number of aliphatic hydroxyl groups excluding tert-OH is 4. The predicted octanol–water partition coefficient (Wildman–Crippen LogP) is -3.03. The molecular formula is C11H20N2O7. The molecule has 2 aliphatic rings. The number of aliphatic hydroxyl groups is 4. The van der Waals surface area contributed by atoms with E-state index in [1.54, 1.807) is 0 Å². The Balaban J connectivity index is 0.000000333. The van der Waals surface area contributed by atoms with Gasteiger partial charge in [0.05, 0.1) is 13.2 Å². The fourth-order valence-electron chi connectivity index (χ4n) is 1.75. The summed E-state index contributed by atoms with van der Waals surface area (Å²) in [6.07, 6.45) is -3.76. The fourth-order valence-corrected chi connectivity index (χ4v) is 1.75. The number of carbonyl (C=O) groups excluding carboxylic acids is 1. The van der Waals surface area contributed by atoms with E-state index in [9.17, 15) is 20.1 Å². The zero-order valence-corrected chi connectivity index (χ0v) is 11.0. The summed E-state index contributed by atoms with van der Waals surface area (Å²) in [5, 5.41) is 39.4. The van der Waals surface area contributed by atoms with E-state index in [2.05, 4.69) is 15.0 Å². The van der Waals surface area contributed by atoms with Crippen molar-refractivity contribution in [2.75, 3.05) is 19.8 Å². The van der Waals surface area contributed by atoms with E-state index in [0.29, 0.717) is 0 Å². The van der Waals surface area contributed by atoms with Crippen LogP contribution in [-0.4, -0.2) is 83.1 Å². The second-order valence-electron chi connectivity index (χ2n) is 4.34. The van der Waals surface area contributed by atoms with E-state index >= 15 is 0 Å². The van der Waals surface area contributed by atoms with Crippen LogP contribution in [0.2, 0.25) is 0 Å². The van der Waals surface area contributed by atoms with Gasteiger partial charge in [0.2, 0.25) is 5.91 Å². The van der Waals surface area contributed by atoms with E-state index in [1.165, 1.54) is 13.3 Å². The van der Waals surface area contributed by atoms with Crippen molar-refractivity contribution in [2.24, 2.45) is 4.99 Å². The number of carbonyl (C=O) groups is 1. The van der Waals surface area contributed by atoms with Gasteiger partial charge in [0.1, 0.15) is 31.0 Å². The normalized spacial score (nSPS) is 35.8. The molecule has 0 aliphatic carbocycles. The smallest absolute Gasteiger partial charge is 0.217 e. The lowest BCUT2D eigenvalue weighted by atomic mass is 9.97. The Morgan fingerprint density at radius 3 is 2.50 bits per heavy atom. The van der Waals surface area contributed by atoms with Gasteiger partial charge in [-0.25, -0.2) is 0 Å². The maximum atomic E-state index is 10.7. The van der Waals surface area contributed by atoms with Crippen molar-refractivity contribution in [3.8, 4) is 0 Å². The molecule has 5 atom stereocenters. The minimum absolute atomic E-state index is 0.462. The average Bonchev–Trinajstić information content (AvgIpc) is 2.98. The summed E-state index contributed by atoms with van der Waals surface area (Å²) in [7, 11) is 0. The first-order valence-electron chi connectivity index (χ1n) is 6.15. The van der Waals surface area contributed by atoms with Gasteiger partial charge in [-0.3, -0.25) is 9.79 Å². The SMILES string of the molecule is C1=NCCO1.CC(=O)N[C@@H]1C(O)O[C@H](CO)[C@@H](O)[C@@H]1O. The lowest BCUT2D eigenvalue weighted by molar-refractivity contribution is -0.253. The maximum absolute atomic E-state index is 10.7. The third-order valence-corrected chi connectivity index (χ3v) is 2.76. The van der Waals surface area contributed by atoms with Crippen molar-refractivity contribution in [1.29, 1.82) is 0 Å². The zero-order valence-electron chi connectivity index (χ0n) is 11.0. The molecule has 9 nitrogen and oxygen atoms in total. The number of nitrogens with one attached hydrogen (secondary N) is 1. The van der Waals surface area contributed by atoms with Crippen molar-refractivity contribution in [2.45, 2.75) is 37.6 Å². The van der Waals surface area contributed by atoms with E-state index in [-0.39, 0.29) is 0 Å². The van der Waals surface area contributed by atoms with Gasteiger partial charge in [-0.15, -0.1) is 0 Å². The molecule has 1 fully saturated rings.